The first-order valence-corrected chi connectivity index (χ1v) is 10.2. The minimum atomic E-state index is -0.232. The molecule has 2 N–H and O–H groups in total. The lowest BCUT2D eigenvalue weighted by Gasteiger charge is -2.18. The summed E-state index contributed by atoms with van der Waals surface area (Å²) in [4.78, 5) is 26.8. The minimum absolute atomic E-state index is 0.0228. The Morgan fingerprint density at radius 1 is 1.13 bits per heavy atom. The second kappa shape index (κ2) is 9.49. The van der Waals surface area contributed by atoms with E-state index in [-0.39, 0.29) is 18.4 Å². The maximum Gasteiger partial charge on any atom is 0.253 e. The normalized spacial score (nSPS) is 10.6. The highest BCUT2D eigenvalue weighted by Gasteiger charge is 2.14. The van der Waals surface area contributed by atoms with Gasteiger partial charge in [0.1, 0.15) is 6.54 Å². The fourth-order valence-electron chi connectivity index (χ4n) is 3.20. The maximum absolute atomic E-state index is 12.6. The molecule has 3 aromatic rings. The molecule has 3 rings (SSSR count). The number of rotatable bonds is 7. The number of aromatic nitrogens is 3. The van der Waals surface area contributed by atoms with Gasteiger partial charge in [-0.25, -0.2) is 0 Å². The molecule has 2 amide bonds. The molecule has 0 aliphatic heterocycles. The third-order valence-electron chi connectivity index (χ3n) is 4.80. The van der Waals surface area contributed by atoms with Crippen LogP contribution in [0.4, 0.5) is 5.69 Å². The number of aryl methyl sites for hydroxylation is 1. The van der Waals surface area contributed by atoms with Gasteiger partial charge in [0.05, 0.1) is 0 Å². The molecule has 0 fully saturated rings. The molecule has 2 aromatic carbocycles. The van der Waals surface area contributed by atoms with Crippen LogP contribution in [0.1, 0.15) is 29.8 Å². The van der Waals surface area contributed by atoms with Crippen molar-refractivity contribution in [1.29, 1.82) is 0 Å². The average Bonchev–Trinajstić information content (AvgIpc) is 3.09. The molecule has 7 nitrogen and oxygen atoms in total. The van der Waals surface area contributed by atoms with E-state index in [4.69, 9.17) is 12.2 Å². The Labute approximate surface area is 180 Å². The molecular weight excluding hydrogens is 398 g/mol. The number of H-pyrrole nitrogens is 1. The van der Waals surface area contributed by atoms with Gasteiger partial charge >= 0.3 is 0 Å². The Morgan fingerprint density at radius 3 is 2.47 bits per heavy atom. The number of hydrogen-bond donors (Lipinski definition) is 2. The Balaban J connectivity index is 1.72. The van der Waals surface area contributed by atoms with Gasteiger partial charge in [-0.05, 0) is 63.3 Å². The van der Waals surface area contributed by atoms with Crippen LogP contribution in [0.15, 0.2) is 48.5 Å². The van der Waals surface area contributed by atoms with Crippen LogP contribution in [0.3, 0.4) is 0 Å². The predicted molar refractivity (Wildman–Crippen MR) is 120 cm³/mol. The van der Waals surface area contributed by atoms with E-state index < -0.39 is 0 Å². The van der Waals surface area contributed by atoms with Gasteiger partial charge in [0, 0.05) is 29.9 Å². The maximum atomic E-state index is 12.6. The number of benzene rings is 2. The molecule has 1 heterocycles. The summed E-state index contributed by atoms with van der Waals surface area (Å²) in [5.74, 6) is 0.355. The van der Waals surface area contributed by atoms with Crippen molar-refractivity contribution in [2.45, 2.75) is 27.3 Å². The highest BCUT2D eigenvalue weighted by atomic mass is 32.1. The minimum Gasteiger partial charge on any atom is -0.339 e. The molecule has 0 aliphatic carbocycles. The monoisotopic (exact) mass is 423 g/mol. The molecule has 0 saturated carbocycles. The predicted octanol–water partition coefficient (Wildman–Crippen LogP) is 4.04. The third kappa shape index (κ3) is 4.83. The van der Waals surface area contributed by atoms with Crippen molar-refractivity contribution in [3.63, 3.8) is 0 Å². The van der Waals surface area contributed by atoms with Gasteiger partial charge in [-0.1, -0.05) is 23.8 Å². The summed E-state index contributed by atoms with van der Waals surface area (Å²) in [6.07, 6.45) is 0. The van der Waals surface area contributed by atoms with Crippen LogP contribution in [0.2, 0.25) is 0 Å². The Hall–Kier alpha value is -3.26. The molecule has 30 heavy (non-hydrogen) atoms. The number of nitrogens with one attached hydrogen (secondary N) is 2. The lowest BCUT2D eigenvalue weighted by molar-refractivity contribution is -0.116. The van der Waals surface area contributed by atoms with Crippen molar-refractivity contribution in [3.8, 4) is 11.4 Å². The average molecular weight is 424 g/mol. The number of nitrogens with zero attached hydrogens (tertiary/aromatic N) is 3. The highest BCUT2D eigenvalue weighted by molar-refractivity contribution is 7.71. The summed E-state index contributed by atoms with van der Waals surface area (Å²) in [6, 6.07) is 14.7. The van der Waals surface area contributed by atoms with Crippen molar-refractivity contribution in [1.82, 2.24) is 19.7 Å². The van der Waals surface area contributed by atoms with Crippen LogP contribution < -0.4 is 5.32 Å². The van der Waals surface area contributed by atoms with Gasteiger partial charge in [-0.2, -0.15) is 5.10 Å². The molecule has 0 atom stereocenters. The van der Waals surface area contributed by atoms with Gasteiger partial charge < -0.3 is 10.2 Å². The van der Waals surface area contributed by atoms with E-state index in [1.807, 2.05) is 45.0 Å². The largest absolute Gasteiger partial charge is 0.339 e. The summed E-state index contributed by atoms with van der Waals surface area (Å²) in [5.41, 5.74) is 3.19. The highest BCUT2D eigenvalue weighted by Crippen LogP contribution is 2.19. The quantitative estimate of drug-likeness (QED) is 0.562. The number of carbonyl (C=O) groups excluding carboxylic acids is 2. The molecule has 0 unspecified atom stereocenters. The summed E-state index contributed by atoms with van der Waals surface area (Å²) in [6.45, 7) is 7.23. The van der Waals surface area contributed by atoms with Crippen molar-refractivity contribution < 1.29 is 9.59 Å². The number of carbonyl (C=O) groups is 2. The lowest BCUT2D eigenvalue weighted by atomic mass is 10.1. The van der Waals surface area contributed by atoms with Gasteiger partial charge in [0.25, 0.3) is 5.91 Å². The summed E-state index contributed by atoms with van der Waals surface area (Å²) >= 11 is 5.30. The van der Waals surface area contributed by atoms with Crippen LogP contribution in [-0.2, 0) is 11.3 Å². The molecule has 0 radical (unpaired) electrons. The Kier molecular flexibility index (Phi) is 6.79. The Bertz CT molecular complexity index is 1100. The van der Waals surface area contributed by atoms with Crippen molar-refractivity contribution in [2.75, 3.05) is 18.4 Å². The molecule has 8 heteroatoms. The van der Waals surface area contributed by atoms with Crippen molar-refractivity contribution in [2.24, 2.45) is 0 Å². The van der Waals surface area contributed by atoms with Crippen LogP contribution in [0.25, 0.3) is 11.4 Å². The number of amides is 2. The molecule has 0 aliphatic rings. The van der Waals surface area contributed by atoms with Gasteiger partial charge in [-0.15, -0.1) is 0 Å². The van der Waals surface area contributed by atoms with E-state index in [2.05, 4.69) is 15.5 Å². The second-order valence-electron chi connectivity index (χ2n) is 6.91. The fraction of sp³-hybridized carbons (Fsp3) is 0.273. The number of aromatic amines is 1. The molecular formula is C22H25N5O2S. The fourth-order valence-corrected chi connectivity index (χ4v) is 3.40. The summed E-state index contributed by atoms with van der Waals surface area (Å²) in [5, 5.41) is 9.88. The zero-order valence-electron chi connectivity index (χ0n) is 17.3. The molecule has 0 spiro atoms. The van der Waals surface area contributed by atoms with Crippen LogP contribution in [0.5, 0.6) is 0 Å². The number of hydrogen-bond acceptors (Lipinski definition) is 4. The first kappa shape index (κ1) is 21.4. The molecule has 156 valence electrons. The number of anilines is 1. The van der Waals surface area contributed by atoms with Gasteiger partial charge in [0.2, 0.25) is 5.91 Å². The van der Waals surface area contributed by atoms with Crippen LogP contribution in [-0.4, -0.2) is 44.6 Å². The van der Waals surface area contributed by atoms with Crippen molar-refractivity contribution >= 4 is 29.7 Å². The van der Waals surface area contributed by atoms with E-state index in [0.29, 0.717) is 34.9 Å². The smallest absolute Gasteiger partial charge is 0.253 e. The van der Waals surface area contributed by atoms with E-state index in [1.165, 1.54) is 0 Å². The van der Waals surface area contributed by atoms with Crippen LogP contribution in [0, 0.1) is 11.7 Å². The summed E-state index contributed by atoms with van der Waals surface area (Å²) in [7, 11) is 0. The van der Waals surface area contributed by atoms with Crippen LogP contribution >= 0.6 is 12.2 Å². The van der Waals surface area contributed by atoms with Gasteiger partial charge in [-0.3, -0.25) is 19.3 Å². The second-order valence-corrected chi connectivity index (χ2v) is 7.30. The van der Waals surface area contributed by atoms with E-state index in [1.54, 1.807) is 33.7 Å². The molecule has 0 saturated heterocycles. The lowest BCUT2D eigenvalue weighted by Crippen LogP contribution is -2.30. The standard InChI is InChI=1S/C22H25N5O2S/c1-4-26(5-2)21(29)16-9-11-18(12-10-16)23-19(28)14-27-20(24-25-22(27)30)17-8-6-7-15(3)13-17/h6-13H,4-5,14H2,1-3H3,(H,23,28)(H,25,30). The van der Waals surface area contributed by atoms with E-state index in [9.17, 15) is 9.59 Å². The topological polar surface area (TPSA) is 83.0 Å². The summed E-state index contributed by atoms with van der Waals surface area (Å²) < 4.78 is 2.04. The first-order valence-electron chi connectivity index (χ1n) is 9.84. The molecule has 1 aromatic heterocycles. The zero-order valence-corrected chi connectivity index (χ0v) is 18.1. The SMILES string of the molecule is CCN(CC)C(=O)c1ccc(NC(=O)Cn2c(-c3cccc(C)c3)n[nH]c2=S)cc1. The molecule has 0 bridgehead atoms. The zero-order chi connectivity index (χ0) is 21.7. The van der Waals surface area contributed by atoms with Gasteiger partial charge in [0.15, 0.2) is 10.6 Å². The first-order chi connectivity index (χ1) is 14.4. The third-order valence-corrected chi connectivity index (χ3v) is 5.11. The van der Waals surface area contributed by atoms with E-state index >= 15 is 0 Å². The Morgan fingerprint density at radius 2 is 1.83 bits per heavy atom. The van der Waals surface area contributed by atoms with E-state index in [0.717, 1.165) is 11.1 Å². The van der Waals surface area contributed by atoms with Crippen molar-refractivity contribution in [3.05, 3.63) is 64.4 Å².